The number of hydrogen-bond acceptors (Lipinski definition) is 4. The summed E-state index contributed by atoms with van der Waals surface area (Å²) in [5.41, 5.74) is 1.45. The van der Waals surface area contributed by atoms with E-state index in [9.17, 15) is 4.79 Å². The highest BCUT2D eigenvalue weighted by Crippen LogP contribution is 2.28. The molecule has 0 saturated heterocycles. The SMILES string of the molecule is CCOc1ccccc1OCc1csc(C(=O)Nc2cc(Cl)cc(Cl)c2)c1. The maximum Gasteiger partial charge on any atom is 0.265 e. The summed E-state index contributed by atoms with van der Waals surface area (Å²) in [5, 5.41) is 5.61. The number of carbonyl (C=O) groups excluding carboxylic acids is 1. The second-order valence-electron chi connectivity index (χ2n) is 5.60. The Bertz CT molecular complexity index is 922. The number of para-hydroxylation sites is 2. The first kappa shape index (κ1) is 19.5. The van der Waals surface area contributed by atoms with Crippen LogP contribution in [-0.4, -0.2) is 12.5 Å². The standard InChI is InChI=1S/C20H17Cl2NO3S/c1-2-25-17-5-3-4-6-18(17)26-11-13-7-19(27-12-13)20(24)23-16-9-14(21)8-15(22)10-16/h3-10,12H,2,11H2,1H3,(H,23,24). The van der Waals surface area contributed by atoms with Gasteiger partial charge in [0.05, 0.1) is 11.5 Å². The zero-order valence-corrected chi connectivity index (χ0v) is 16.8. The van der Waals surface area contributed by atoms with Crippen molar-refractivity contribution in [2.24, 2.45) is 0 Å². The maximum absolute atomic E-state index is 12.4. The van der Waals surface area contributed by atoms with Crippen LogP contribution >= 0.6 is 34.5 Å². The Morgan fingerprint density at radius 2 is 1.70 bits per heavy atom. The lowest BCUT2D eigenvalue weighted by atomic mass is 10.3. The van der Waals surface area contributed by atoms with Crippen LogP contribution in [0.2, 0.25) is 10.0 Å². The molecular weight excluding hydrogens is 405 g/mol. The quantitative estimate of drug-likeness (QED) is 0.487. The van der Waals surface area contributed by atoms with E-state index < -0.39 is 0 Å². The predicted molar refractivity (Wildman–Crippen MR) is 111 cm³/mol. The van der Waals surface area contributed by atoms with Gasteiger partial charge in [0.15, 0.2) is 11.5 Å². The van der Waals surface area contributed by atoms with Gasteiger partial charge in [-0.3, -0.25) is 4.79 Å². The second-order valence-corrected chi connectivity index (χ2v) is 7.38. The zero-order valence-electron chi connectivity index (χ0n) is 14.5. The Kier molecular flexibility index (Phi) is 6.61. The lowest BCUT2D eigenvalue weighted by molar-refractivity contribution is 0.103. The molecule has 0 spiro atoms. The fourth-order valence-electron chi connectivity index (χ4n) is 2.39. The van der Waals surface area contributed by atoms with Crippen LogP contribution in [0.4, 0.5) is 5.69 Å². The number of benzene rings is 2. The van der Waals surface area contributed by atoms with E-state index in [1.54, 1.807) is 24.3 Å². The van der Waals surface area contributed by atoms with Crippen molar-refractivity contribution in [3.05, 3.63) is 74.4 Å². The molecule has 1 N–H and O–H groups in total. The van der Waals surface area contributed by atoms with Gasteiger partial charge in [-0.05, 0) is 48.7 Å². The Labute approximate surface area is 171 Å². The molecule has 0 aliphatic carbocycles. The van der Waals surface area contributed by atoms with Crippen molar-refractivity contribution in [3.8, 4) is 11.5 Å². The molecule has 0 aliphatic heterocycles. The van der Waals surface area contributed by atoms with Crippen LogP contribution in [0.15, 0.2) is 53.9 Å². The van der Waals surface area contributed by atoms with Crippen LogP contribution in [0, 0.1) is 0 Å². The number of nitrogens with one attached hydrogen (secondary N) is 1. The molecule has 3 rings (SSSR count). The summed E-state index contributed by atoms with van der Waals surface area (Å²) in [5.74, 6) is 1.15. The minimum absolute atomic E-state index is 0.223. The first-order valence-corrected chi connectivity index (χ1v) is 9.88. The number of anilines is 1. The Morgan fingerprint density at radius 3 is 2.37 bits per heavy atom. The molecule has 1 aromatic heterocycles. The molecular formula is C20H17Cl2NO3S. The summed E-state index contributed by atoms with van der Waals surface area (Å²) in [6, 6.07) is 14.2. The van der Waals surface area contributed by atoms with Crippen molar-refractivity contribution in [2.75, 3.05) is 11.9 Å². The number of thiophene rings is 1. The summed E-state index contributed by atoms with van der Waals surface area (Å²) >= 11 is 13.3. The van der Waals surface area contributed by atoms with Gasteiger partial charge in [-0.2, -0.15) is 0 Å². The van der Waals surface area contributed by atoms with E-state index >= 15 is 0 Å². The van der Waals surface area contributed by atoms with Gasteiger partial charge in [0.2, 0.25) is 0 Å². The fraction of sp³-hybridized carbons (Fsp3) is 0.150. The maximum atomic E-state index is 12.4. The number of ether oxygens (including phenoxy) is 2. The molecule has 0 bridgehead atoms. The Balaban J connectivity index is 1.63. The minimum Gasteiger partial charge on any atom is -0.490 e. The predicted octanol–water partition coefficient (Wildman–Crippen LogP) is 6.28. The van der Waals surface area contributed by atoms with Gasteiger partial charge in [0, 0.05) is 21.3 Å². The van der Waals surface area contributed by atoms with Crippen LogP contribution in [-0.2, 0) is 6.61 Å². The highest BCUT2D eigenvalue weighted by molar-refractivity contribution is 7.12. The van der Waals surface area contributed by atoms with Gasteiger partial charge in [-0.25, -0.2) is 0 Å². The first-order chi connectivity index (χ1) is 13.0. The number of rotatable bonds is 7. The molecule has 3 aromatic rings. The van der Waals surface area contributed by atoms with Crippen molar-refractivity contribution in [2.45, 2.75) is 13.5 Å². The summed E-state index contributed by atoms with van der Waals surface area (Å²) < 4.78 is 11.4. The lowest BCUT2D eigenvalue weighted by Crippen LogP contribution is -2.10. The van der Waals surface area contributed by atoms with Crippen LogP contribution < -0.4 is 14.8 Å². The summed E-state index contributed by atoms with van der Waals surface area (Å²) in [4.78, 5) is 13.0. The van der Waals surface area contributed by atoms with Gasteiger partial charge in [-0.1, -0.05) is 35.3 Å². The number of hydrogen-bond donors (Lipinski definition) is 1. The molecule has 0 radical (unpaired) electrons. The van der Waals surface area contributed by atoms with Crippen molar-refractivity contribution in [1.82, 2.24) is 0 Å². The first-order valence-electron chi connectivity index (χ1n) is 8.24. The van der Waals surface area contributed by atoms with Crippen LogP contribution in [0.3, 0.4) is 0 Å². The minimum atomic E-state index is -0.223. The van der Waals surface area contributed by atoms with Gasteiger partial charge in [0.25, 0.3) is 5.91 Å². The van der Waals surface area contributed by atoms with E-state index in [1.807, 2.05) is 36.6 Å². The molecule has 1 heterocycles. The van der Waals surface area contributed by atoms with E-state index in [1.165, 1.54) is 11.3 Å². The highest BCUT2D eigenvalue weighted by atomic mass is 35.5. The van der Waals surface area contributed by atoms with Crippen molar-refractivity contribution in [3.63, 3.8) is 0 Å². The highest BCUT2D eigenvalue weighted by Gasteiger charge is 2.12. The largest absolute Gasteiger partial charge is 0.490 e. The van der Waals surface area contributed by atoms with E-state index in [4.69, 9.17) is 32.7 Å². The molecule has 4 nitrogen and oxygen atoms in total. The number of halogens is 2. The Morgan fingerprint density at radius 1 is 1.04 bits per heavy atom. The molecule has 0 fully saturated rings. The topological polar surface area (TPSA) is 47.6 Å². The van der Waals surface area contributed by atoms with Gasteiger partial charge < -0.3 is 14.8 Å². The third kappa shape index (κ3) is 5.39. The third-order valence-corrected chi connectivity index (χ3v) is 4.96. The molecule has 0 saturated carbocycles. The van der Waals surface area contributed by atoms with E-state index in [2.05, 4.69) is 5.32 Å². The average molecular weight is 422 g/mol. The van der Waals surface area contributed by atoms with Crippen molar-refractivity contribution in [1.29, 1.82) is 0 Å². The van der Waals surface area contributed by atoms with Crippen LogP contribution in [0.1, 0.15) is 22.2 Å². The van der Waals surface area contributed by atoms with E-state index in [0.29, 0.717) is 45.3 Å². The smallest absolute Gasteiger partial charge is 0.265 e. The van der Waals surface area contributed by atoms with E-state index in [-0.39, 0.29) is 5.91 Å². The van der Waals surface area contributed by atoms with Crippen molar-refractivity contribution < 1.29 is 14.3 Å². The van der Waals surface area contributed by atoms with E-state index in [0.717, 1.165) is 5.56 Å². The molecule has 7 heteroatoms. The lowest BCUT2D eigenvalue weighted by Gasteiger charge is -2.10. The molecule has 0 aliphatic rings. The second kappa shape index (κ2) is 9.13. The molecule has 0 unspecified atom stereocenters. The summed E-state index contributed by atoms with van der Waals surface area (Å²) in [7, 11) is 0. The monoisotopic (exact) mass is 421 g/mol. The van der Waals surface area contributed by atoms with Gasteiger partial charge >= 0.3 is 0 Å². The molecule has 140 valence electrons. The fourth-order valence-corrected chi connectivity index (χ4v) is 3.71. The number of carbonyl (C=O) groups is 1. The average Bonchev–Trinajstić information content (AvgIpc) is 3.09. The zero-order chi connectivity index (χ0) is 19.2. The van der Waals surface area contributed by atoms with Gasteiger partial charge in [-0.15, -0.1) is 11.3 Å². The molecule has 2 aromatic carbocycles. The van der Waals surface area contributed by atoms with Gasteiger partial charge in [0.1, 0.15) is 6.61 Å². The van der Waals surface area contributed by atoms with Crippen LogP contribution in [0.5, 0.6) is 11.5 Å². The molecule has 27 heavy (non-hydrogen) atoms. The summed E-state index contributed by atoms with van der Waals surface area (Å²) in [6.07, 6.45) is 0. The van der Waals surface area contributed by atoms with Crippen molar-refractivity contribution >= 4 is 46.1 Å². The normalized spacial score (nSPS) is 10.5. The molecule has 1 amide bonds. The number of amides is 1. The third-order valence-electron chi connectivity index (χ3n) is 3.54. The summed E-state index contributed by atoms with van der Waals surface area (Å²) in [6.45, 7) is 2.83. The Hall–Kier alpha value is -2.21. The molecule has 0 atom stereocenters. The van der Waals surface area contributed by atoms with Crippen LogP contribution in [0.25, 0.3) is 0 Å².